The summed E-state index contributed by atoms with van der Waals surface area (Å²) in [7, 11) is 0. The van der Waals surface area contributed by atoms with Crippen molar-refractivity contribution in [3.63, 3.8) is 0 Å². The van der Waals surface area contributed by atoms with Crippen molar-refractivity contribution in [3.8, 4) is 0 Å². The molecular weight excluding hydrogens is 150 g/mol. The summed E-state index contributed by atoms with van der Waals surface area (Å²) in [5.41, 5.74) is 5.76. The first kappa shape index (κ1) is 9.75. The number of rotatable bonds is 5. The van der Waals surface area contributed by atoms with Crippen LogP contribution in [0.15, 0.2) is 12.7 Å². The molecule has 0 aromatic heterocycles. The number of unbranched alkanes of at least 4 members (excludes halogenated alkanes) is 1. The van der Waals surface area contributed by atoms with Crippen LogP contribution in [-0.2, 0) is 4.74 Å². The zero-order chi connectivity index (χ0) is 8.81. The summed E-state index contributed by atoms with van der Waals surface area (Å²) < 4.78 is 5.65. The summed E-state index contributed by atoms with van der Waals surface area (Å²) in [6, 6.07) is 0.384. The fourth-order valence-corrected chi connectivity index (χ4v) is 1.60. The third-order valence-corrected chi connectivity index (χ3v) is 2.33. The Morgan fingerprint density at radius 1 is 1.50 bits per heavy atom. The smallest absolute Gasteiger partial charge is 0.0590 e. The molecule has 0 aromatic rings. The quantitative estimate of drug-likeness (QED) is 0.503. The molecule has 0 spiro atoms. The lowest BCUT2D eigenvalue weighted by atomic mass is 10.3. The van der Waals surface area contributed by atoms with E-state index in [2.05, 4.69) is 6.58 Å². The molecular formula is C10H19NO. The fourth-order valence-electron chi connectivity index (χ4n) is 1.60. The molecule has 2 heteroatoms. The average Bonchev–Trinajstić information content (AvgIpc) is 2.45. The number of ether oxygens (including phenoxy) is 1. The highest BCUT2D eigenvalue weighted by Crippen LogP contribution is 2.20. The molecule has 1 aliphatic rings. The Bertz CT molecular complexity index is 136. The van der Waals surface area contributed by atoms with Crippen LogP contribution in [0.25, 0.3) is 0 Å². The van der Waals surface area contributed by atoms with E-state index in [4.69, 9.17) is 10.5 Å². The lowest BCUT2D eigenvalue weighted by molar-refractivity contribution is 0.0564. The molecule has 0 bridgehead atoms. The maximum Gasteiger partial charge on any atom is 0.0590 e. The molecule has 2 atom stereocenters. The number of hydrogen-bond acceptors (Lipinski definition) is 2. The predicted octanol–water partition coefficient (Wildman–Crippen LogP) is 1.85. The van der Waals surface area contributed by atoms with Crippen LogP contribution in [0.1, 0.15) is 32.1 Å². The maximum atomic E-state index is 5.76. The zero-order valence-corrected chi connectivity index (χ0v) is 7.67. The van der Waals surface area contributed by atoms with E-state index in [9.17, 15) is 0 Å². The van der Waals surface area contributed by atoms with Crippen molar-refractivity contribution in [1.29, 1.82) is 0 Å². The van der Waals surface area contributed by atoms with Gasteiger partial charge in [0.25, 0.3) is 0 Å². The molecule has 70 valence electrons. The van der Waals surface area contributed by atoms with Crippen LogP contribution in [-0.4, -0.2) is 18.8 Å². The molecule has 1 aliphatic carbocycles. The Morgan fingerprint density at radius 3 is 2.92 bits per heavy atom. The van der Waals surface area contributed by atoms with Crippen molar-refractivity contribution >= 4 is 0 Å². The standard InChI is InChI=1S/C10H19NO/c1-2-3-4-7-12-10-6-5-9(11)8-10/h2,9-10H,1,3-8,11H2. The Hall–Kier alpha value is -0.340. The van der Waals surface area contributed by atoms with E-state index in [-0.39, 0.29) is 0 Å². The molecule has 0 heterocycles. The van der Waals surface area contributed by atoms with Gasteiger partial charge in [-0.1, -0.05) is 6.08 Å². The van der Waals surface area contributed by atoms with Gasteiger partial charge in [-0.05, 0) is 32.1 Å². The van der Waals surface area contributed by atoms with Crippen LogP contribution in [0.5, 0.6) is 0 Å². The Balaban J connectivity index is 1.96. The van der Waals surface area contributed by atoms with E-state index in [0.29, 0.717) is 12.1 Å². The van der Waals surface area contributed by atoms with E-state index in [1.54, 1.807) is 0 Å². The van der Waals surface area contributed by atoms with Crippen molar-refractivity contribution in [1.82, 2.24) is 0 Å². The topological polar surface area (TPSA) is 35.2 Å². The van der Waals surface area contributed by atoms with E-state index in [1.807, 2.05) is 6.08 Å². The lowest BCUT2D eigenvalue weighted by Gasteiger charge is -2.10. The highest BCUT2D eigenvalue weighted by molar-refractivity contribution is 4.78. The average molecular weight is 169 g/mol. The Kier molecular flexibility index (Phi) is 4.33. The monoisotopic (exact) mass is 169 g/mol. The van der Waals surface area contributed by atoms with Crippen LogP contribution in [0.3, 0.4) is 0 Å². The van der Waals surface area contributed by atoms with Crippen LogP contribution < -0.4 is 5.73 Å². The second-order valence-electron chi connectivity index (χ2n) is 3.50. The summed E-state index contributed by atoms with van der Waals surface area (Å²) >= 11 is 0. The van der Waals surface area contributed by atoms with Gasteiger partial charge in [-0.2, -0.15) is 0 Å². The van der Waals surface area contributed by atoms with Gasteiger partial charge in [0.2, 0.25) is 0 Å². The number of allylic oxidation sites excluding steroid dienone is 1. The van der Waals surface area contributed by atoms with Crippen molar-refractivity contribution in [2.45, 2.75) is 44.2 Å². The van der Waals surface area contributed by atoms with Gasteiger partial charge in [-0.15, -0.1) is 6.58 Å². The van der Waals surface area contributed by atoms with E-state index in [1.165, 1.54) is 0 Å². The number of nitrogens with two attached hydrogens (primary N) is 1. The molecule has 1 saturated carbocycles. The summed E-state index contributed by atoms with van der Waals surface area (Å²) in [6.07, 6.45) is 7.84. The molecule has 0 aliphatic heterocycles. The largest absolute Gasteiger partial charge is 0.378 e. The van der Waals surface area contributed by atoms with Gasteiger partial charge in [0.05, 0.1) is 6.10 Å². The molecule has 2 nitrogen and oxygen atoms in total. The molecule has 0 saturated heterocycles. The SMILES string of the molecule is C=CCCCOC1CCC(N)C1. The van der Waals surface area contributed by atoms with Gasteiger partial charge in [0.15, 0.2) is 0 Å². The first-order valence-electron chi connectivity index (χ1n) is 4.81. The summed E-state index contributed by atoms with van der Waals surface area (Å²) in [4.78, 5) is 0. The predicted molar refractivity (Wildman–Crippen MR) is 51.0 cm³/mol. The molecule has 0 radical (unpaired) electrons. The third-order valence-electron chi connectivity index (χ3n) is 2.33. The van der Waals surface area contributed by atoms with Crippen LogP contribution in [0.2, 0.25) is 0 Å². The van der Waals surface area contributed by atoms with E-state index in [0.717, 1.165) is 38.7 Å². The van der Waals surface area contributed by atoms with Crippen molar-refractivity contribution in [3.05, 3.63) is 12.7 Å². The first-order chi connectivity index (χ1) is 5.83. The molecule has 1 rings (SSSR count). The second-order valence-corrected chi connectivity index (χ2v) is 3.50. The van der Waals surface area contributed by atoms with Gasteiger partial charge in [-0.25, -0.2) is 0 Å². The van der Waals surface area contributed by atoms with Crippen LogP contribution >= 0.6 is 0 Å². The minimum atomic E-state index is 0.384. The molecule has 1 fully saturated rings. The molecule has 2 N–H and O–H groups in total. The third kappa shape index (κ3) is 3.37. The molecule has 2 unspecified atom stereocenters. The molecule has 0 aromatic carbocycles. The van der Waals surface area contributed by atoms with Gasteiger partial charge < -0.3 is 10.5 Å². The van der Waals surface area contributed by atoms with Crippen LogP contribution in [0, 0.1) is 0 Å². The highest BCUT2D eigenvalue weighted by atomic mass is 16.5. The van der Waals surface area contributed by atoms with Crippen molar-refractivity contribution in [2.24, 2.45) is 5.73 Å². The summed E-state index contributed by atoms with van der Waals surface area (Å²) in [5.74, 6) is 0. The zero-order valence-electron chi connectivity index (χ0n) is 7.67. The van der Waals surface area contributed by atoms with Gasteiger partial charge in [0, 0.05) is 12.6 Å². The van der Waals surface area contributed by atoms with Gasteiger partial charge >= 0.3 is 0 Å². The van der Waals surface area contributed by atoms with E-state index < -0.39 is 0 Å². The maximum absolute atomic E-state index is 5.76. The normalized spacial score (nSPS) is 29.1. The van der Waals surface area contributed by atoms with Crippen molar-refractivity contribution in [2.75, 3.05) is 6.61 Å². The van der Waals surface area contributed by atoms with Crippen molar-refractivity contribution < 1.29 is 4.74 Å². The Morgan fingerprint density at radius 2 is 2.33 bits per heavy atom. The Labute approximate surface area is 74.8 Å². The second kappa shape index (κ2) is 5.33. The lowest BCUT2D eigenvalue weighted by Crippen LogP contribution is -2.17. The molecule has 0 amide bonds. The first-order valence-corrected chi connectivity index (χ1v) is 4.81. The molecule has 12 heavy (non-hydrogen) atoms. The fraction of sp³-hybridized carbons (Fsp3) is 0.800. The summed E-state index contributed by atoms with van der Waals surface area (Å²) in [5, 5.41) is 0. The minimum Gasteiger partial charge on any atom is -0.378 e. The number of hydrogen-bond donors (Lipinski definition) is 1. The van der Waals surface area contributed by atoms with Gasteiger partial charge in [-0.3, -0.25) is 0 Å². The summed E-state index contributed by atoms with van der Waals surface area (Å²) in [6.45, 7) is 4.53. The van der Waals surface area contributed by atoms with Gasteiger partial charge in [0.1, 0.15) is 0 Å². The minimum absolute atomic E-state index is 0.384. The van der Waals surface area contributed by atoms with Crippen LogP contribution in [0.4, 0.5) is 0 Å². The van der Waals surface area contributed by atoms with E-state index >= 15 is 0 Å². The highest BCUT2D eigenvalue weighted by Gasteiger charge is 2.21.